The van der Waals surface area contributed by atoms with Gasteiger partial charge in [0.05, 0.1) is 22.8 Å². The van der Waals surface area contributed by atoms with Crippen LogP contribution in [0.2, 0.25) is 0 Å². The van der Waals surface area contributed by atoms with Crippen LogP contribution in [0.4, 0.5) is 17.1 Å². The zero-order chi connectivity index (χ0) is 42.7. The summed E-state index contributed by atoms with van der Waals surface area (Å²) in [5, 5.41) is 0. The third-order valence-corrected chi connectivity index (χ3v) is 11.7. The molecule has 3 heterocycles. The van der Waals surface area contributed by atoms with Crippen LogP contribution in [0, 0.1) is 0 Å². The molecule has 0 aliphatic carbocycles. The van der Waals surface area contributed by atoms with E-state index in [1.54, 1.807) is 0 Å². The molecule has 11 aromatic rings. The van der Waals surface area contributed by atoms with E-state index in [-0.39, 0.29) is 0 Å². The monoisotopic (exact) mass is 819 g/mol. The molecule has 64 heavy (non-hydrogen) atoms. The van der Waals surface area contributed by atoms with Gasteiger partial charge in [-0.25, -0.2) is 15.0 Å². The molecule has 0 aliphatic rings. The first-order valence-corrected chi connectivity index (χ1v) is 21.5. The van der Waals surface area contributed by atoms with Gasteiger partial charge in [-0.1, -0.05) is 188 Å². The van der Waals surface area contributed by atoms with E-state index in [4.69, 9.17) is 15.0 Å². The maximum atomic E-state index is 5.13. The van der Waals surface area contributed by atoms with Crippen LogP contribution < -0.4 is 4.90 Å². The SMILES string of the molecule is c1ccc(-c2ccc(-c3cc(-c4ccccc4)nc(-c4ccc(-c5ccc(N(c6ccccc6)c6cccc(-c7c(-c8ccccc8)nc8ccccn78)c6)cc5)cc4)n3)cc2)cc1. The number of nitrogens with zero attached hydrogens (tertiary/aromatic N) is 5. The molecule has 0 bridgehead atoms. The summed E-state index contributed by atoms with van der Waals surface area (Å²) in [7, 11) is 0. The normalized spacial score (nSPS) is 11.1. The van der Waals surface area contributed by atoms with Crippen LogP contribution in [0.15, 0.2) is 249 Å². The molecule has 302 valence electrons. The quantitative estimate of drug-likeness (QED) is 0.138. The summed E-state index contributed by atoms with van der Waals surface area (Å²) < 4.78 is 2.18. The first-order valence-electron chi connectivity index (χ1n) is 21.5. The largest absolute Gasteiger partial charge is 0.310 e. The molecular formula is C59H41N5. The van der Waals surface area contributed by atoms with Gasteiger partial charge in [-0.05, 0) is 76.9 Å². The molecule has 0 saturated heterocycles. The fraction of sp³-hybridized carbons (Fsp3) is 0. The lowest BCUT2D eigenvalue weighted by atomic mass is 10.0. The second kappa shape index (κ2) is 17.0. The van der Waals surface area contributed by atoms with Gasteiger partial charge in [0, 0.05) is 51.1 Å². The summed E-state index contributed by atoms with van der Waals surface area (Å²) in [5.41, 5.74) is 17.7. The van der Waals surface area contributed by atoms with Crippen molar-refractivity contribution in [3.63, 3.8) is 0 Å². The molecule has 11 rings (SSSR count). The highest BCUT2D eigenvalue weighted by atomic mass is 15.1. The minimum Gasteiger partial charge on any atom is -0.310 e. The minimum absolute atomic E-state index is 0.686. The Balaban J connectivity index is 0.915. The molecule has 0 saturated carbocycles. The Morgan fingerprint density at radius 2 is 0.734 bits per heavy atom. The van der Waals surface area contributed by atoms with Crippen molar-refractivity contribution in [3.8, 4) is 78.7 Å². The average Bonchev–Trinajstić information content (AvgIpc) is 3.78. The number of hydrogen-bond acceptors (Lipinski definition) is 4. The molecule has 5 nitrogen and oxygen atoms in total. The highest BCUT2D eigenvalue weighted by molar-refractivity contribution is 5.86. The topological polar surface area (TPSA) is 46.3 Å². The lowest BCUT2D eigenvalue weighted by Gasteiger charge is -2.26. The van der Waals surface area contributed by atoms with Crippen LogP contribution in [0.1, 0.15) is 0 Å². The van der Waals surface area contributed by atoms with Gasteiger partial charge >= 0.3 is 0 Å². The van der Waals surface area contributed by atoms with E-state index in [9.17, 15) is 0 Å². The maximum absolute atomic E-state index is 5.13. The predicted octanol–water partition coefficient (Wildman–Crippen LogP) is 15.3. The zero-order valence-corrected chi connectivity index (χ0v) is 34.9. The van der Waals surface area contributed by atoms with Crippen LogP contribution in [-0.4, -0.2) is 19.4 Å². The van der Waals surface area contributed by atoms with Gasteiger partial charge < -0.3 is 4.90 Å². The van der Waals surface area contributed by atoms with Gasteiger partial charge in [-0.3, -0.25) is 4.40 Å². The number of anilines is 3. The number of hydrogen-bond donors (Lipinski definition) is 0. The summed E-state index contributed by atoms with van der Waals surface area (Å²) in [6.07, 6.45) is 2.09. The number of para-hydroxylation sites is 1. The molecule has 0 unspecified atom stereocenters. The molecule has 3 aromatic heterocycles. The number of benzene rings is 8. The number of aromatic nitrogens is 4. The molecule has 5 heteroatoms. The highest BCUT2D eigenvalue weighted by Gasteiger charge is 2.19. The van der Waals surface area contributed by atoms with Gasteiger partial charge in [-0.15, -0.1) is 0 Å². The third-order valence-electron chi connectivity index (χ3n) is 11.7. The van der Waals surface area contributed by atoms with Gasteiger partial charge in [0.15, 0.2) is 5.82 Å². The average molecular weight is 820 g/mol. The van der Waals surface area contributed by atoms with Crippen LogP contribution in [0.25, 0.3) is 84.3 Å². The molecule has 0 fully saturated rings. The lowest BCUT2D eigenvalue weighted by molar-refractivity contribution is 1.18. The Morgan fingerprint density at radius 1 is 0.297 bits per heavy atom. The van der Waals surface area contributed by atoms with Crippen molar-refractivity contribution in [2.24, 2.45) is 0 Å². The van der Waals surface area contributed by atoms with Gasteiger partial charge in [0.25, 0.3) is 0 Å². The standard InChI is InChI=1S/C59H41N5/c1-5-16-42(17-6-1)43-27-31-47(32-28-43)55-41-54(46-18-7-2-8-19-46)60-59(61-55)49-33-29-44(30-34-49)45-35-37-52(38-36-45)64(51-23-11-4-12-24-51)53-25-15-22-50(40-53)58-57(48-20-9-3-10-21-48)62-56-26-13-14-39-63(56)58/h1-41H. The lowest BCUT2D eigenvalue weighted by Crippen LogP contribution is -2.10. The van der Waals surface area contributed by atoms with E-state index >= 15 is 0 Å². The number of imidazole rings is 1. The van der Waals surface area contributed by atoms with Crippen molar-refractivity contribution in [2.45, 2.75) is 0 Å². The molecule has 0 aliphatic heterocycles. The molecule has 8 aromatic carbocycles. The summed E-state index contributed by atoms with van der Waals surface area (Å²) in [5.74, 6) is 0.686. The predicted molar refractivity (Wildman–Crippen MR) is 264 cm³/mol. The van der Waals surface area contributed by atoms with Crippen LogP contribution in [0.3, 0.4) is 0 Å². The fourth-order valence-electron chi connectivity index (χ4n) is 8.45. The van der Waals surface area contributed by atoms with E-state index in [1.165, 1.54) is 11.1 Å². The second-order valence-electron chi connectivity index (χ2n) is 15.7. The summed E-state index contributed by atoms with van der Waals surface area (Å²) in [6.45, 7) is 0. The van der Waals surface area contributed by atoms with Crippen LogP contribution in [-0.2, 0) is 0 Å². The van der Waals surface area contributed by atoms with Crippen molar-refractivity contribution in [3.05, 3.63) is 249 Å². The smallest absolute Gasteiger partial charge is 0.160 e. The summed E-state index contributed by atoms with van der Waals surface area (Å²) >= 11 is 0. The minimum atomic E-state index is 0.686. The number of fused-ring (bicyclic) bond motifs is 1. The number of pyridine rings is 1. The molecule has 0 spiro atoms. The van der Waals surface area contributed by atoms with Crippen molar-refractivity contribution < 1.29 is 0 Å². The van der Waals surface area contributed by atoms with E-state index in [1.807, 2.05) is 36.4 Å². The van der Waals surface area contributed by atoms with Crippen molar-refractivity contribution in [2.75, 3.05) is 4.90 Å². The Morgan fingerprint density at radius 3 is 1.36 bits per heavy atom. The van der Waals surface area contributed by atoms with Crippen molar-refractivity contribution >= 4 is 22.7 Å². The van der Waals surface area contributed by atoms with Gasteiger partial charge in [-0.2, -0.15) is 0 Å². The second-order valence-corrected chi connectivity index (χ2v) is 15.7. The van der Waals surface area contributed by atoms with Crippen LogP contribution >= 0.6 is 0 Å². The Hall–Kier alpha value is -8.67. The third kappa shape index (κ3) is 7.63. The van der Waals surface area contributed by atoms with Crippen molar-refractivity contribution in [1.82, 2.24) is 19.4 Å². The molecule has 0 atom stereocenters. The van der Waals surface area contributed by atoms with Crippen molar-refractivity contribution in [1.29, 1.82) is 0 Å². The first-order chi connectivity index (χ1) is 31.7. The van der Waals surface area contributed by atoms with E-state index in [0.717, 1.165) is 84.4 Å². The molecular weight excluding hydrogens is 779 g/mol. The molecule has 0 N–H and O–H groups in total. The van der Waals surface area contributed by atoms with Gasteiger partial charge in [0.1, 0.15) is 5.65 Å². The number of rotatable bonds is 10. The molecule has 0 amide bonds. The first kappa shape index (κ1) is 38.3. The Kier molecular flexibility index (Phi) is 10.2. The highest BCUT2D eigenvalue weighted by Crippen LogP contribution is 2.40. The maximum Gasteiger partial charge on any atom is 0.160 e. The zero-order valence-electron chi connectivity index (χ0n) is 34.9. The summed E-state index contributed by atoms with van der Waals surface area (Å²) in [6, 6.07) is 84.7. The van der Waals surface area contributed by atoms with E-state index < -0.39 is 0 Å². The Labute approximate surface area is 372 Å². The Bertz CT molecular complexity index is 3330. The van der Waals surface area contributed by atoms with E-state index in [2.05, 4.69) is 222 Å². The fourth-order valence-corrected chi connectivity index (χ4v) is 8.45. The summed E-state index contributed by atoms with van der Waals surface area (Å²) in [4.78, 5) is 17.6. The van der Waals surface area contributed by atoms with E-state index in [0.29, 0.717) is 5.82 Å². The van der Waals surface area contributed by atoms with Gasteiger partial charge in [0.2, 0.25) is 0 Å². The van der Waals surface area contributed by atoms with Crippen LogP contribution in [0.5, 0.6) is 0 Å². The molecule has 0 radical (unpaired) electrons.